The molecule has 0 aliphatic rings. The summed E-state index contributed by atoms with van der Waals surface area (Å²) in [5.74, 6) is -0.845. The summed E-state index contributed by atoms with van der Waals surface area (Å²) in [5.41, 5.74) is 5.67. The Morgan fingerprint density at radius 3 is 2.18 bits per heavy atom. The van der Waals surface area contributed by atoms with Crippen LogP contribution in [0.5, 0.6) is 0 Å². The van der Waals surface area contributed by atoms with Gasteiger partial charge < -0.3 is 10.6 Å². The maximum atomic E-state index is 12.2. The van der Waals surface area contributed by atoms with Crippen molar-refractivity contribution in [1.29, 1.82) is 0 Å². The zero-order valence-corrected chi connectivity index (χ0v) is 9.95. The van der Waals surface area contributed by atoms with Gasteiger partial charge in [-0.2, -0.15) is 0 Å². The Bertz CT molecular complexity index is 299. The molecule has 2 N–H and O–H groups in total. The van der Waals surface area contributed by atoms with Gasteiger partial charge in [0, 0.05) is 12.6 Å². The highest BCUT2D eigenvalue weighted by Crippen LogP contribution is 2.05. The molecule has 7 heteroatoms. The maximum absolute atomic E-state index is 12.2. The number of rotatable bonds is 4. The van der Waals surface area contributed by atoms with E-state index in [0.717, 1.165) is 6.07 Å². The van der Waals surface area contributed by atoms with Crippen LogP contribution in [0.1, 0.15) is 5.56 Å². The average Bonchev–Trinajstić information content (AvgIpc) is 2.24. The summed E-state index contributed by atoms with van der Waals surface area (Å²) in [6, 6.07) is 3.42. The molecule has 0 radical (unpaired) electrons. The fraction of sp³-hybridized carbons (Fsp3) is 0.400. The summed E-state index contributed by atoms with van der Waals surface area (Å²) in [6.45, 7) is 1.86. The molecule has 1 rings (SSSR count). The molecule has 0 aliphatic heterocycles. The Hall–Kier alpha value is -1.27. The summed E-state index contributed by atoms with van der Waals surface area (Å²) < 4.78 is 24.4. The van der Waals surface area contributed by atoms with Gasteiger partial charge in [-0.25, -0.2) is 8.78 Å². The number of hydrogen-bond acceptors (Lipinski definition) is 4. The van der Waals surface area contributed by atoms with E-state index in [0.29, 0.717) is 5.56 Å². The minimum atomic E-state index is -0.521. The molecule has 0 amide bonds. The molecule has 0 aromatic heterocycles. The number of nitrogens with zero attached hydrogens (tertiary/aromatic N) is 1. The number of nitrogens with two attached hydrogens (primary N) is 1. The second kappa shape index (κ2) is 8.83. The van der Waals surface area contributed by atoms with Crippen LogP contribution in [0.2, 0.25) is 0 Å². The average molecular weight is 267 g/mol. The first-order valence-electron chi connectivity index (χ1n) is 4.70. The molecule has 1 aromatic carbocycles. The Kier molecular flexibility index (Phi) is 8.17. The smallest absolute Gasteiger partial charge is 0.156 e. The number of alkyl halides is 1. The molecule has 17 heavy (non-hydrogen) atoms. The zero-order chi connectivity index (χ0) is 13.3. The van der Waals surface area contributed by atoms with Crippen molar-refractivity contribution in [2.75, 3.05) is 12.4 Å². The topological polar surface area (TPSA) is 64.7 Å². The predicted molar refractivity (Wildman–Crippen MR) is 61.5 cm³/mol. The van der Waals surface area contributed by atoms with Crippen LogP contribution in [0, 0.1) is 23.5 Å². The SMILES string of the molecule is Cc1cc(F)cc(F)c1.NC[C@H](CCl)ON=O. The lowest BCUT2D eigenvalue weighted by Gasteiger charge is -2.03. The molecule has 0 spiro atoms. The van der Waals surface area contributed by atoms with Gasteiger partial charge in [0.2, 0.25) is 0 Å². The van der Waals surface area contributed by atoms with Crippen LogP contribution in [0.4, 0.5) is 8.78 Å². The molecular formula is C10H13ClF2N2O2. The van der Waals surface area contributed by atoms with Crippen molar-refractivity contribution < 1.29 is 13.6 Å². The molecule has 0 fully saturated rings. The van der Waals surface area contributed by atoms with Crippen LogP contribution in [-0.2, 0) is 4.84 Å². The molecule has 0 heterocycles. The van der Waals surface area contributed by atoms with E-state index in [-0.39, 0.29) is 12.4 Å². The third-order valence-corrected chi connectivity index (χ3v) is 1.98. The molecule has 96 valence electrons. The van der Waals surface area contributed by atoms with E-state index in [1.807, 2.05) is 0 Å². The second-order valence-corrected chi connectivity index (χ2v) is 3.45. The van der Waals surface area contributed by atoms with Crippen LogP contribution in [-0.4, -0.2) is 18.5 Å². The summed E-state index contributed by atoms with van der Waals surface area (Å²) in [5, 5.41) is 2.16. The van der Waals surface area contributed by atoms with Gasteiger partial charge in [0.05, 0.1) is 5.88 Å². The minimum absolute atomic E-state index is 0.197. The first-order chi connectivity index (χ1) is 8.03. The van der Waals surface area contributed by atoms with Crippen molar-refractivity contribution in [2.24, 2.45) is 11.1 Å². The molecule has 4 nitrogen and oxygen atoms in total. The molecule has 1 aromatic rings. The lowest BCUT2D eigenvalue weighted by Crippen LogP contribution is -2.23. The van der Waals surface area contributed by atoms with Crippen molar-refractivity contribution >= 4 is 11.6 Å². The van der Waals surface area contributed by atoms with Crippen LogP contribution < -0.4 is 5.73 Å². The lowest BCUT2D eigenvalue weighted by atomic mass is 10.2. The monoisotopic (exact) mass is 266 g/mol. The lowest BCUT2D eigenvalue weighted by molar-refractivity contribution is 0.0770. The van der Waals surface area contributed by atoms with Gasteiger partial charge in [-0.15, -0.1) is 16.5 Å². The van der Waals surface area contributed by atoms with Gasteiger partial charge in [-0.05, 0) is 24.6 Å². The Labute approximate surface area is 103 Å². The Morgan fingerprint density at radius 2 is 1.94 bits per heavy atom. The van der Waals surface area contributed by atoms with Gasteiger partial charge in [-0.3, -0.25) is 0 Å². The number of halogens is 3. The highest BCUT2D eigenvalue weighted by molar-refractivity contribution is 6.18. The Morgan fingerprint density at radius 1 is 1.41 bits per heavy atom. The normalized spacial score (nSPS) is 11.1. The largest absolute Gasteiger partial charge is 0.358 e. The highest BCUT2D eigenvalue weighted by atomic mass is 35.5. The standard InChI is InChI=1S/C7H6F2.C3H7ClN2O2/c1-5-2-6(8)4-7(9)3-5;4-1-3(2-5)8-6-7/h2-4H,1H3;3H,1-2,5H2/t;3-/m.0/s1. The van der Waals surface area contributed by atoms with Crippen LogP contribution >= 0.6 is 11.6 Å². The van der Waals surface area contributed by atoms with Crippen LogP contribution in [0.15, 0.2) is 23.5 Å². The van der Waals surface area contributed by atoms with Crippen molar-refractivity contribution in [1.82, 2.24) is 0 Å². The minimum Gasteiger partial charge on any atom is -0.358 e. The van der Waals surface area contributed by atoms with Gasteiger partial charge in [0.1, 0.15) is 11.6 Å². The summed E-state index contributed by atoms with van der Waals surface area (Å²) >= 11 is 5.24. The molecule has 0 aliphatic carbocycles. The van der Waals surface area contributed by atoms with Gasteiger partial charge in [0.15, 0.2) is 11.4 Å². The fourth-order valence-electron chi connectivity index (χ4n) is 0.887. The third-order valence-electron chi connectivity index (χ3n) is 1.63. The van der Waals surface area contributed by atoms with Gasteiger partial charge >= 0.3 is 0 Å². The van der Waals surface area contributed by atoms with E-state index < -0.39 is 17.7 Å². The van der Waals surface area contributed by atoms with Gasteiger partial charge in [-0.1, -0.05) is 0 Å². The van der Waals surface area contributed by atoms with Crippen LogP contribution in [0.25, 0.3) is 0 Å². The molecule has 0 bridgehead atoms. The van der Waals surface area contributed by atoms with E-state index in [9.17, 15) is 13.7 Å². The molecule has 0 unspecified atom stereocenters. The molecule has 0 saturated heterocycles. The van der Waals surface area contributed by atoms with Gasteiger partial charge in [0.25, 0.3) is 0 Å². The molecule has 0 saturated carbocycles. The van der Waals surface area contributed by atoms with E-state index >= 15 is 0 Å². The summed E-state index contributed by atoms with van der Waals surface area (Å²) in [7, 11) is 0. The molecule has 1 atom stereocenters. The van der Waals surface area contributed by atoms with E-state index in [4.69, 9.17) is 17.3 Å². The fourth-order valence-corrected chi connectivity index (χ4v) is 1.07. The van der Waals surface area contributed by atoms with Crippen LogP contribution in [0.3, 0.4) is 0 Å². The second-order valence-electron chi connectivity index (χ2n) is 3.14. The van der Waals surface area contributed by atoms with Crippen molar-refractivity contribution in [3.05, 3.63) is 40.3 Å². The number of benzene rings is 1. The number of aryl methyl sites for hydroxylation is 1. The predicted octanol–water partition coefficient (Wildman–Crippen LogP) is 2.52. The third kappa shape index (κ3) is 7.59. The van der Waals surface area contributed by atoms with Crippen molar-refractivity contribution in [2.45, 2.75) is 13.0 Å². The van der Waals surface area contributed by atoms with E-state index in [1.54, 1.807) is 6.92 Å². The van der Waals surface area contributed by atoms with Crippen molar-refractivity contribution in [3.8, 4) is 0 Å². The van der Waals surface area contributed by atoms with E-state index in [2.05, 4.69) is 10.2 Å². The maximum Gasteiger partial charge on any atom is 0.156 e. The summed E-state index contributed by atoms with van der Waals surface area (Å²) in [6.07, 6.45) is -0.436. The molecular weight excluding hydrogens is 254 g/mol. The number of hydrogen-bond donors (Lipinski definition) is 1. The highest BCUT2D eigenvalue weighted by Gasteiger charge is 2.03. The first-order valence-corrected chi connectivity index (χ1v) is 5.24. The summed E-state index contributed by atoms with van der Waals surface area (Å²) in [4.78, 5) is 13.5. The van der Waals surface area contributed by atoms with E-state index in [1.165, 1.54) is 12.1 Å². The zero-order valence-electron chi connectivity index (χ0n) is 9.20. The quantitative estimate of drug-likeness (QED) is 0.517. The first kappa shape index (κ1) is 15.7. The van der Waals surface area contributed by atoms with Crippen molar-refractivity contribution in [3.63, 3.8) is 0 Å². The Balaban J connectivity index is 0.000000304.